The summed E-state index contributed by atoms with van der Waals surface area (Å²) in [5.41, 5.74) is 1.49. The third kappa shape index (κ3) is 4.17. The van der Waals surface area contributed by atoms with Crippen molar-refractivity contribution in [3.05, 3.63) is 58.9 Å². The van der Waals surface area contributed by atoms with Crippen LogP contribution in [0.3, 0.4) is 0 Å². The molecular formula is C20H23ClN2O3. The summed E-state index contributed by atoms with van der Waals surface area (Å²) in [6.45, 7) is 0.643. The van der Waals surface area contributed by atoms with Gasteiger partial charge in [-0.05, 0) is 43.0 Å². The molecule has 0 saturated carbocycles. The summed E-state index contributed by atoms with van der Waals surface area (Å²) in [5.74, 6) is 0.583. The second-order valence-corrected chi connectivity index (χ2v) is 6.96. The van der Waals surface area contributed by atoms with Crippen molar-refractivity contribution in [2.24, 2.45) is 0 Å². The van der Waals surface area contributed by atoms with Crippen molar-refractivity contribution < 1.29 is 14.6 Å². The van der Waals surface area contributed by atoms with Crippen LogP contribution in [0.15, 0.2) is 42.7 Å². The van der Waals surface area contributed by atoms with E-state index < -0.39 is 6.10 Å². The largest absolute Gasteiger partial charge is 0.496 e. The zero-order chi connectivity index (χ0) is 18.5. The van der Waals surface area contributed by atoms with E-state index in [1.54, 1.807) is 42.6 Å². The van der Waals surface area contributed by atoms with Gasteiger partial charge < -0.3 is 14.7 Å². The highest BCUT2D eigenvalue weighted by atomic mass is 35.5. The SMILES string of the molecule is COc1ccncc1C(O)[C@H]1CCCCN1C(=O)Cc1cccc(Cl)c1. The Kier molecular flexibility index (Phi) is 6.12. The van der Waals surface area contributed by atoms with E-state index in [1.165, 1.54) is 0 Å². The van der Waals surface area contributed by atoms with Crippen LogP contribution in [-0.4, -0.2) is 40.6 Å². The van der Waals surface area contributed by atoms with Crippen LogP contribution in [0.5, 0.6) is 5.75 Å². The number of amides is 1. The number of hydrogen-bond acceptors (Lipinski definition) is 4. The predicted molar refractivity (Wildman–Crippen MR) is 100 cm³/mol. The van der Waals surface area contributed by atoms with Gasteiger partial charge in [0.05, 0.1) is 19.6 Å². The Morgan fingerprint density at radius 3 is 3.04 bits per heavy atom. The molecule has 1 N–H and O–H groups in total. The van der Waals surface area contributed by atoms with E-state index in [0.717, 1.165) is 24.8 Å². The molecule has 6 heteroatoms. The summed E-state index contributed by atoms with van der Waals surface area (Å²) in [6, 6.07) is 8.77. The van der Waals surface area contributed by atoms with E-state index in [4.69, 9.17) is 16.3 Å². The van der Waals surface area contributed by atoms with Crippen LogP contribution in [0.2, 0.25) is 5.02 Å². The first-order valence-electron chi connectivity index (χ1n) is 8.80. The molecule has 2 atom stereocenters. The highest BCUT2D eigenvalue weighted by Gasteiger charge is 2.34. The number of methoxy groups -OCH3 is 1. The molecule has 5 nitrogen and oxygen atoms in total. The van der Waals surface area contributed by atoms with Gasteiger partial charge in [0.2, 0.25) is 5.91 Å². The minimum atomic E-state index is -0.831. The Labute approximate surface area is 158 Å². The number of carbonyl (C=O) groups is 1. The monoisotopic (exact) mass is 374 g/mol. The Morgan fingerprint density at radius 2 is 2.27 bits per heavy atom. The van der Waals surface area contributed by atoms with Crippen molar-refractivity contribution in [2.75, 3.05) is 13.7 Å². The molecule has 1 amide bonds. The number of nitrogens with zero attached hydrogens (tertiary/aromatic N) is 2. The van der Waals surface area contributed by atoms with E-state index in [-0.39, 0.29) is 18.4 Å². The van der Waals surface area contributed by atoms with Crippen LogP contribution in [0.25, 0.3) is 0 Å². The average molecular weight is 375 g/mol. The number of likely N-dealkylation sites (tertiary alicyclic amines) is 1. The van der Waals surface area contributed by atoms with Crippen LogP contribution >= 0.6 is 11.6 Å². The number of benzene rings is 1. The Hall–Kier alpha value is -2.11. The summed E-state index contributed by atoms with van der Waals surface area (Å²) in [5, 5.41) is 11.6. The summed E-state index contributed by atoms with van der Waals surface area (Å²) in [6.07, 6.45) is 5.34. The number of carbonyl (C=O) groups excluding carboxylic acids is 1. The first-order chi connectivity index (χ1) is 12.6. The molecule has 2 heterocycles. The lowest BCUT2D eigenvalue weighted by molar-refractivity contribution is -0.137. The number of rotatable bonds is 5. The molecule has 3 rings (SSSR count). The van der Waals surface area contributed by atoms with Gasteiger partial charge in [-0.3, -0.25) is 9.78 Å². The zero-order valence-corrected chi connectivity index (χ0v) is 15.5. The van der Waals surface area contributed by atoms with Crippen molar-refractivity contribution in [1.82, 2.24) is 9.88 Å². The third-order valence-electron chi connectivity index (χ3n) is 4.83. The lowest BCUT2D eigenvalue weighted by Crippen LogP contribution is -2.47. The molecule has 26 heavy (non-hydrogen) atoms. The highest BCUT2D eigenvalue weighted by Crippen LogP contribution is 2.33. The van der Waals surface area contributed by atoms with Gasteiger partial charge in [0.1, 0.15) is 11.9 Å². The molecule has 2 aromatic rings. The molecule has 1 aliphatic rings. The van der Waals surface area contributed by atoms with E-state index in [0.29, 0.717) is 22.9 Å². The topological polar surface area (TPSA) is 62.7 Å². The number of piperidine rings is 1. The molecule has 1 fully saturated rings. The van der Waals surface area contributed by atoms with Crippen LogP contribution in [0, 0.1) is 0 Å². The second-order valence-electron chi connectivity index (χ2n) is 6.52. The van der Waals surface area contributed by atoms with Gasteiger partial charge >= 0.3 is 0 Å². The third-order valence-corrected chi connectivity index (χ3v) is 5.06. The zero-order valence-electron chi connectivity index (χ0n) is 14.8. The summed E-state index contributed by atoms with van der Waals surface area (Å²) in [4.78, 5) is 18.8. The van der Waals surface area contributed by atoms with Gasteiger partial charge in [0.25, 0.3) is 0 Å². The number of aliphatic hydroxyl groups excluding tert-OH is 1. The first kappa shape index (κ1) is 18.7. The molecule has 1 aromatic carbocycles. The molecule has 0 radical (unpaired) electrons. The fourth-order valence-electron chi connectivity index (χ4n) is 3.53. The van der Waals surface area contributed by atoms with Crippen LogP contribution in [-0.2, 0) is 11.2 Å². The average Bonchev–Trinajstić information content (AvgIpc) is 2.67. The molecular weight excluding hydrogens is 352 g/mol. The maximum absolute atomic E-state index is 12.9. The molecule has 1 aromatic heterocycles. The second kappa shape index (κ2) is 8.52. The first-order valence-corrected chi connectivity index (χ1v) is 9.18. The van der Waals surface area contributed by atoms with Gasteiger partial charge in [-0.25, -0.2) is 0 Å². The predicted octanol–water partition coefficient (Wildman–Crippen LogP) is 3.40. The van der Waals surface area contributed by atoms with Gasteiger partial charge in [0, 0.05) is 29.5 Å². The maximum Gasteiger partial charge on any atom is 0.227 e. The molecule has 138 valence electrons. The quantitative estimate of drug-likeness (QED) is 0.871. The van der Waals surface area contributed by atoms with Gasteiger partial charge in [-0.15, -0.1) is 0 Å². The lowest BCUT2D eigenvalue weighted by Gasteiger charge is -2.39. The minimum absolute atomic E-state index is 0.00104. The summed E-state index contributed by atoms with van der Waals surface area (Å²) >= 11 is 6.02. The highest BCUT2D eigenvalue weighted by molar-refractivity contribution is 6.30. The van der Waals surface area contributed by atoms with Crippen LogP contribution < -0.4 is 4.74 Å². The number of pyridine rings is 1. The fraction of sp³-hybridized carbons (Fsp3) is 0.400. The van der Waals surface area contributed by atoms with Crippen LogP contribution in [0.1, 0.15) is 36.5 Å². The van der Waals surface area contributed by atoms with E-state index >= 15 is 0 Å². The van der Waals surface area contributed by atoms with Crippen molar-refractivity contribution in [3.8, 4) is 5.75 Å². The van der Waals surface area contributed by atoms with Crippen molar-refractivity contribution in [2.45, 2.75) is 37.8 Å². The normalized spacial score (nSPS) is 18.4. The summed E-state index contributed by atoms with van der Waals surface area (Å²) in [7, 11) is 1.56. The number of aliphatic hydroxyl groups is 1. The van der Waals surface area contributed by atoms with Crippen molar-refractivity contribution >= 4 is 17.5 Å². The number of aromatic nitrogens is 1. The number of ether oxygens (including phenoxy) is 1. The summed E-state index contributed by atoms with van der Waals surface area (Å²) < 4.78 is 5.34. The van der Waals surface area contributed by atoms with Gasteiger partial charge in [0.15, 0.2) is 0 Å². The molecule has 0 spiro atoms. The van der Waals surface area contributed by atoms with E-state index in [1.807, 2.05) is 12.1 Å². The molecule has 1 aliphatic heterocycles. The Morgan fingerprint density at radius 1 is 1.42 bits per heavy atom. The molecule has 0 bridgehead atoms. The number of hydrogen-bond donors (Lipinski definition) is 1. The smallest absolute Gasteiger partial charge is 0.227 e. The van der Waals surface area contributed by atoms with Crippen LogP contribution in [0.4, 0.5) is 0 Å². The molecule has 1 unspecified atom stereocenters. The Bertz CT molecular complexity index is 768. The lowest BCUT2D eigenvalue weighted by atomic mass is 9.92. The van der Waals surface area contributed by atoms with Crippen molar-refractivity contribution in [3.63, 3.8) is 0 Å². The minimum Gasteiger partial charge on any atom is -0.496 e. The van der Waals surface area contributed by atoms with Crippen molar-refractivity contribution in [1.29, 1.82) is 0 Å². The van der Waals surface area contributed by atoms with E-state index in [9.17, 15) is 9.90 Å². The van der Waals surface area contributed by atoms with E-state index in [2.05, 4.69) is 4.98 Å². The fourth-order valence-corrected chi connectivity index (χ4v) is 3.74. The molecule has 1 saturated heterocycles. The van der Waals surface area contributed by atoms with Gasteiger partial charge in [-0.2, -0.15) is 0 Å². The standard InChI is InChI=1S/C20H23ClN2O3/c1-26-18-8-9-22-13-16(18)20(25)17-7-2-3-10-23(17)19(24)12-14-5-4-6-15(21)11-14/h4-6,8-9,11,13,17,20,25H,2-3,7,10,12H2,1H3/t17-,20?/m1/s1. The maximum atomic E-state index is 12.9. The van der Waals surface area contributed by atoms with Gasteiger partial charge in [-0.1, -0.05) is 23.7 Å². The Balaban J connectivity index is 1.79. The number of halogens is 1. The molecule has 0 aliphatic carbocycles.